The summed E-state index contributed by atoms with van der Waals surface area (Å²) in [4.78, 5) is 18.4. The normalized spacial score (nSPS) is 10.2. The molecular formula is C12H9ClFN3O2. The van der Waals surface area contributed by atoms with Crippen molar-refractivity contribution in [1.29, 1.82) is 0 Å². The number of nitrogens with zero attached hydrogens (tertiary/aromatic N) is 2. The van der Waals surface area contributed by atoms with Crippen molar-refractivity contribution in [2.45, 2.75) is 6.54 Å². The molecule has 7 heteroatoms. The van der Waals surface area contributed by atoms with Gasteiger partial charge in [-0.1, -0.05) is 12.1 Å². The number of carbonyl (C=O) groups is 1. The van der Waals surface area contributed by atoms with Crippen LogP contribution in [0.4, 0.5) is 10.2 Å². The molecule has 1 aromatic carbocycles. The van der Waals surface area contributed by atoms with Gasteiger partial charge in [-0.25, -0.2) is 14.2 Å². The molecule has 1 aromatic heterocycles. The molecule has 0 fully saturated rings. The molecule has 19 heavy (non-hydrogen) atoms. The molecule has 0 radical (unpaired) electrons. The Morgan fingerprint density at radius 2 is 2.05 bits per heavy atom. The van der Waals surface area contributed by atoms with Crippen LogP contribution in [0.25, 0.3) is 0 Å². The van der Waals surface area contributed by atoms with Crippen molar-refractivity contribution in [2.24, 2.45) is 0 Å². The van der Waals surface area contributed by atoms with Crippen molar-refractivity contribution in [3.63, 3.8) is 0 Å². The van der Waals surface area contributed by atoms with Crippen LogP contribution < -0.4 is 5.32 Å². The minimum Gasteiger partial charge on any atom is -0.477 e. The van der Waals surface area contributed by atoms with E-state index in [1.54, 1.807) is 12.1 Å². The molecule has 0 saturated heterocycles. The fourth-order valence-electron chi connectivity index (χ4n) is 1.44. The van der Waals surface area contributed by atoms with E-state index < -0.39 is 5.97 Å². The van der Waals surface area contributed by atoms with E-state index >= 15 is 0 Å². The van der Waals surface area contributed by atoms with E-state index in [0.717, 1.165) is 11.8 Å². The fourth-order valence-corrected chi connectivity index (χ4v) is 1.57. The summed E-state index contributed by atoms with van der Waals surface area (Å²) in [6.45, 7) is 0.300. The molecule has 0 saturated carbocycles. The molecule has 0 aliphatic rings. The number of anilines is 1. The number of hydrogen-bond donors (Lipinski definition) is 2. The summed E-state index contributed by atoms with van der Waals surface area (Å²) in [6.07, 6.45) is 1.13. The second-order valence-corrected chi connectivity index (χ2v) is 4.02. The number of aromatic carboxylic acids is 1. The van der Waals surface area contributed by atoms with E-state index in [0.29, 0.717) is 6.54 Å². The van der Waals surface area contributed by atoms with Crippen molar-refractivity contribution in [3.05, 3.63) is 52.7 Å². The van der Waals surface area contributed by atoms with Gasteiger partial charge in [-0.2, -0.15) is 4.98 Å². The average molecular weight is 282 g/mol. The fraction of sp³-hybridized carbons (Fsp3) is 0.0833. The van der Waals surface area contributed by atoms with Gasteiger partial charge in [-0.15, -0.1) is 0 Å². The summed E-state index contributed by atoms with van der Waals surface area (Å²) in [7, 11) is 0. The van der Waals surface area contributed by atoms with Crippen LogP contribution in [-0.2, 0) is 6.54 Å². The maximum Gasteiger partial charge on any atom is 0.341 e. The zero-order valence-electron chi connectivity index (χ0n) is 9.60. The molecule has 2 N–H and O–H groups in total. The molecule has 0 aliphatic heterocycles. The van der Waals surface area contributed by atoms with E-state index in [1.807, 2.05) is 0 Å². The van der Waals surface area contributed by atoms with E-state index in [1.165, 1.54) is 12.1 Å². The third-order valence-corrected chi connectivity index (χ3v) is 2.55. The van der Waals surface area contributed by atoms with Gasteiger partial charge in [0.25, 0.3) is 0 Å². The summed E-state index contributed by atoms with van der Waals surface area (Å²) >= 11 is 5.62. The van der Waals surface area contributed by atoms with Crippen molar-refractivity contribution < 1.29 is 14.3 Å². The van der Waals surface area contributed by atoms with E-state index in [9.17, 15) is 9.18 Å². The SMILES string of the molecule is O=C(O)c1cnc(Cl)nc1NCc1ccc(F)cc1. The number of hydrogen-bond acceptors (Lipinski definition) is 4. The molecule has 0 aliphatic carbocycles. The Morgan fingerprint density at radius 3 is 2.68 bits per heavy atom. The van der Waals surface area contributed by atoms with Gasteiger partial charge in [-0.3, -0.25) is 0 Å². The van der Waals surface area contributed by atoms with Gasteiger partial charge in [0.05, 0.1) is 0 Å². The highest BCUT2D eigenvalue weighted by Gasteiger charge is 2.12. The Hall–Kier alpha value is -2.21. The maximum absolute atomic E-state index is 12.7. The summed E-state index contributed by atoms with van der Waals surface area (Å²) in [6, 6.07) is 5.82. The van der Waals surface area contributed by atoms with Crippen molar-refractivity contribution >= 4 is 23.4 Å². The topological polar surface area (TPSA) is 75.1 Å². The van der Waals surface area contributed by atoms with Gasteiger partial charge in [0.2, 0.25) is 5.28 Å². The molecule has 5 nitrogen and oxygen atoms in total. The second-order valence-electron chi connectivity index (χ2n) is 3.69. The zero-order valence-corrected chi connectivity index (χ0v) is 10.4. The first kappa shape index (κ1) is 13.2. The number of carboxylic acids is 1. The molecule has 0 unspecified atom stereocenters. The summed E-state index contributed by atoms with van der Waals surface area (Å²) in [5, 5.41) is 11.8. The molecule has 0 amide bonds. The third-order valence-electron chi connectivity index (χ3n) is 2.36. The summed E-state index contributed by atoms with van der Waals surface area (Å²) < 4.78 is 12.7. The third kappa shape index (κ3) is 3.38. The van der Waals surface area contributed by atoms with Crippen LogP contribution >= 0.6 is 11.6 Å². The highest BCUT2D eigenvalue weighted by molar-refractivity contribution is 6.28. The predicted molar refractivity (Wildman–Crippen MR) is 67.7 cm³/mol. The van der Waals surface area contributed by atoms with Gasteiger partial charge in [-0.05, 0) is 29.3 Å². The van der Waals surface area contributed by atoms with Crippen LogP contribution in [0.15, 0.2) is 30.5 Å². The smallest absolute Gasteiger partial charge is 0.341 e. The van der Waals surface area contributed by atoms with Crippen LogP contribution in [0.2, 0.25) is 5.28 Å². The van der Waals surface area contributed by atoms with Crippen LogP contribution in [-0.4, -0.2) is 21.0 Å². The van der Waals surface area contributed by atoms with Gasteiger partial charge in [0.15, 0.2) is 0 Å². The minimum absolute atomic E-state index is 0.0494. The second kappa shape index (κ2) is 5.62. The van der Waals surface area contributed by atoms with Gasteiger partial charge in [0, 0.05) is 12.7 Å². The van der Waals surface area contributed by atoms with E-state index in [-0.39, 0.29) is 22.5 Å². The Labute approximate surface area is 113 Å². The van der Waals surface area contributed by atoms with Gasteiger partial charge < -0.3 is 10.4 Å². The number of aromatic nitrogens is 2. The molecule has 2 rings (SSSR count). The van der Waals surface area contributed by atoms with Crippen LogP contribution in [0, 0.1) is 5.82 Å². The first-order valence-electron chi connectivity index (χ1n) is 5.30. The lowest BCUT2D eigenvalue weighted by molar-refractivity contribution is 0.0697. The number of nitrogens with one attached hydrogen (secondary N) is 1. The molecule has 98 valence electrons. The molecule has 1 heterocycles. The van der Waals surface area contributed by atoms with Gasteiger partial charge in [0.1, 0.15) is 17.2 Å². The molecule has 0 atom stereocenters. The molecule has 2 aromatic rings. The first-order chi connectivity index (χ1) is 9.06. The Kier molecular flexibility index (Phi) is 3.91. The number of halogens is 2. The van der Waals surface area contributed by atoms with Crippen LogP contribution in [0.5, 0.6) is 0 Å². The molecule has 0 spiro atoms. The van der Waals surface area contributed by atoms with Crippen molar-refractivity contribution in [1.82, 2.24) is 9.97 Å². The Balaban J connectivity index is 2.16. The number of benzene rings is 1. The maximum atomic E-state index is 12.7. The summed E-state index contributed by atoms with van der Waals surface area (Å²) in [5.41, 5.74) is 0.707. The first-order valence-corrected chi connectivity index (χ1v) is 5.68. The number of rotatable bonds is 4. The van der Waals surface area contributed by atoms with Crippen molar-refractivity contribution in [3.8, 4) is 0 Å². The monoisotopic (exact) mass is 281 g/mol. The number of carboxylic acid groups (broad SMARTS) is 1. The van der Waals surface area contributed by atoms with Crippen LogP contribution in [0.1, 0.15) is 15.9 Å². The predicted octanol–water partition coefficient (Wildman–Crippen LogP) is 2.58. The highest BCUT2D eigenvalue weighted by atomic mass is 35.5. The largest absolute Gasteiger partial charge is 0.477 e. The average Bonchev–Trinajstić information content (AvgIpc) is 2.38. The Morgan fingerprint density at radius 1 is 1.37 bits per heavy atom. The van der Waals surface area contributed by atoms with Gasteiger partial charge >= 0.3 is 5.97 Å². The van der Waals surface area contributed by atoms with Crippen LogP contribution in [0.3, 0.4) is 0 Å². The standard InChI is InChI=1S/C12H9ClFN3O2/c13-12-16-6-9(11(18)19)10(17-12)15-5-7-1-3-8(14)4-2-7/h1-4,6H,5H2,(H,18,19)(H,15,16,17). The van der Waals surface area contributed by atoms with Crippen molar-refractivity contribution in [2.75, 3.05) is 5.32 Å². The Bertz CT molecular complexity index is 604. The molecule has 0 bridgehead atoms. The lowest BCUT2D eigenvalue weighted by Crippen LogP contribution is -2.09. The summed E-state index contributed by atoms with van der Waals surface area (Å²) in [5.74, 6) is -1.37. The zero-order chi connectivity index (χ0) is 13.8. The highest BCUT2D eigenvalue weighted by Crippen LogP contribution is 2.15. The lowest BCUT2D eigenvalue weighted by atomic mass is 10.2. The van der Waals surface area contributed by atoms with E-state index in [2.05, 4.69) is 15.3 Å². The van der Waals surface area contributed by atoms with E-state index in [4.69, 9.17) is 16.7 Å². The molecular weight excluding hydrogens is 273 g/mol. The minimum atomic E-state index is -1.15. The lowest BCUT2D eigenvalue weighted by Gasteiger charge is -2.08. The quantitative estimate of drug-likeness (QED) is 0.843.